The highest BCUT2D eigenvalue weighted by atomic mass is 16.4. The van der Waals surface area contributed by atoms with E-state index in [1.165, 1.54) is 12.8 Å². The van der Waals surface area contributed by atoms with Gasteiger partial charge in [0.05, 0.1) is 0 Å². The molecule has 1 aliphatic heterocycles. The number of carbonyl (C=O) groups is 1. The predicted molar refractivity (Wildman–Crippen MR) is 82.2 cm³/mol. The Morgan fingerprint density at radius 1 is 1.29 bits per heavy atom. The largest absolute Gasteiger partial charge is 0.409 e. The number of nitrogens with two attached hydrogens (primary N) is 1. The molecule has 0 radical (unpaired) electrons. The first-order valence-electron chi connectivity index (χ1n) is 8.10. The van der Waals surface area contributed by atoms with Gasteiger partial charge in [0.1, 0.15) is 5.41 Å². The molecule has 0 bridgehead atoms. The molecule has 2 aliphatic rings. The second kappa shape index (κ2) is 7.11. The molecule has 2 rings (SSSR count). The fraction of sp³-hybridized carbons (Fsp3) is 0.867. The first kappa shape index (κ1) is 16.1. The highest BCUT2D eigenvalue weighted by Crippen LogP contribution is 2.37. The van der Waals surface area contributed by atoms with Crippen molar-refractivity contribution in [2.75, 3.05) is 19.6 Å². The average Bonchev–Trinajstić information content (AvgIpc) is 2.99. The standard InChI is InChI=1S/C15H28N4O2/c1-12(11-19-9-5-6-10-19)17-14(20)15(13(16)18-21)7-3-2-4-8-15/h12,21H,2-11H2,1H3,(H2,16,18)(H,17,20). The third kappa shape index (κ3) is 3.67. The third-order valence-corrected chi connectivity index (χ3v) is 4.85. The van der Waals surface area contributed by atoms with Gasteiger partial charge in [-0.05, 0) is 45.7 Å². The maximum Gasteiger partial charge on any atom is 0.234 e. The number of amidine groups is 1. The molecule has 1 saturated heterocycles. The first-order chi connectivity index (χ1) is 10.1. The number of hydrogen-bond acceptors (Lipinski definition) is 4. The van der Waals surface area contributed by atoms with Crippen LogP contribution in [0.15, 0.2) is 5.16 Å². The van der Waals surface area contributed by atoms with E-state index >= 15 is 0 Å². The molecule has 0 aromatic heterocycles. The van der Waals surface area contributed by atoms with Crippen molar-refractivity contribution >= 4 is 11.7 Å². The molecule has 1 atom stereocenters. The molecule has 1 amide bonds. The summed E-state index contributed by atoms with van der Waals surface area (Å²) in [5.74, 6) is -0.0164. The van der Waals surface area contributed by atoms with Crippen molar-refractivity contribution in [1.29, 1.82) is 0 Å². The molecule has 120 valence electrons. The molecule has 1 unspecified atom stereocenters. The Balaban J connectivity index is 1.97. The van der Waals surface area contributed by atoms with Gasteiger partial charge in [-0.25, -0.2) is 0 Å². The molecule has 21 heavy (non-hydrogen) atoms. The van der Waals surface area contributed by atoms with Crippen molar-refractivity contribution in [2.45, 2.75) is 57.9 Å². The number of oxime groups is 1. The first-order valence-corrected chi connectivity index (χ1v) is 8.10. The van der Waals surface area contributed by atoms with E-state index in [9.17, 15) is 4.79 Å². The van der Waals surface area contributed by atoms with Crippen molar-refractivity contribution < 1.29 is 10.0 Å². The number of rotatable bonds is 5. The van der Waals surface area contributed by atoms with Gasteiger partial charge in [0, 0.05) is 12.6 Å². The van der Waals surface area contributed by atoms with Crippen molar-refractivity contribution in [2.24, 2.45) is 16.3 Å². The van der Waals surface area contributed by atoms with Crippen LogP contribution in [0.5, 0.6) is 0 Å². The molecule has 1 saturated carbocycles. The van der Waals surface area contributed by atoms with Crippen LogP contribution in [-0.2, 0) is 4.79 Å². The molecular formula is C15H28N4O2. The highest BCUT2D eigenvalue weighted by molar-refractivity contribution is 6.06. The Kier molecular flexibility index (Phi) is 5.45. The normalized spacial score (nSPS) is 24.7. The summed E-state index contributed by atoms with van der Waals surface area (Å²) in [5.41, 5.74) is 5.04. The zero-order chi connectivity index (χ0) is 15.3. The van der Waals surface area contributed by atoms with Crippen LogP contribution in [-0.4, -0.2) is 47.5 Å². The molecule has 0 aromatic rings. The Bertz CT molecular complexity index is 385. The monoisotopic (exact) mass is 296 g/mol. The summed E-state index contributed by atoms with van der Waals surface area (Å²) in [5, 5.41) is 15.3. The van der Waals surface area contributed by atoms with Crippen LogP contribution in [0.4, 0.5) is 0 Å². The predicted octanol–water partition coefficient (Wildman–Crippen LogP) is 1.28. The summed E-state index contributed by atoms with van der Waals surface area (Å²) in [6.45, 7) is 5.13. The van der Waals surface area contributed by atoms with Gasteiger partial charge in [0.15, 0.2) is 5.84 Å². The van der Waals surface area contributed by atoms with Crippen LogP contribution >= 0.6 is 0 Å². The number of amides is 1. The maximum atomic E-state index is 12.7. The lowest BCUT2D eigenvalue weighted by Crippen LogP contribution is -2.54. The van der Waals surface area contributed by atoms with Crippen LogP contribution in [0, 0.1) is 5.41 Å². The van der Waals surface area contributed by atoms with Crippen LogP contribution in [0.1, 0.15) is 51.9 Å². The Labute approximate surface area is 126 Å². The summed E-state index contributed by atoms with van der Waals surface area (Å²) < 4.78 is 0. The fourth-order valence-corrected chi connectivity index (χ4v) is 3.61. The summed E-state index contributed by atoms with van der Waals surface area (Å²) in [4.78, 5) is 15.1. The number of carbonyl (C=O) groups excluding carboxylic acids is 1. The molecule has 0 aromatic carbocycles. The lowest BCUT2D eigenvalue weighted by molar-refractivity contribution is -0.129. The lowest BCUT2D eigenvalue weighted by atomic mass is 9.72. The summed E-state index contributed by atoms with van der Waals surface area (Å²) in [7, 11) is 0. The molecule has 2 fully saturated rings. The van der Waals surface area contributed by atoms with E-state index in [1.807, 2.05) is 6.92 Å². The van der Waals surface area contributed by atoms with E-state index in [0.29, 0.717) is 12.8 Å². The zero-order valence-corrected chi connectivity index (χ0v) is 13.0. The summed E-state index contributed by atoms with van der Waals surface area (Å²) in [6.07, 6.45) is 6.84. The van der Waals surface area contributed by atoms with E-state index in [2.05, 4.69) is 15.4 Å². The second-order valence-corrected chi connectivity index (χ2v) is 6.51. The van der Waals surface area contributed by atoms with Crippen LogP contribution in [0.25, 0.3) is 0 Å². The average molecular weight is 296 g/mol. The van der Waals surface area contributed by atoms with Gasteiger partial charge in [-0.3, -0.25) is 4.79 Å². The van der Waals surface area contributed by atoms with Crippen molar-refractivity contribution in [3.8, 4) is 0 Å². The van der Waals surface area contributed by atoms with E-state index in [4.69, 9.17) is 10.9 Å². The van der Waals surface area contributed by atoms with Gasteiger partial charge < -0.3 is 21.2 Å². The minimum atomic E-state index is -0.813. The molecule has 1 heterocycles. The Hall–Kier alpha value is -1.30. The Morgan fingerprint density at radius 2 is 1.90 bits per heavy atom. The van der Waals surface area contributed by atoms with Gasteiger partial charge in [-0.15, -0.1) is 0 Å². The molecule has 6 heteroatoms. The molecule has 0 spiro atoms. The van der Waals surface area contributed by atoms with Crippen molar-refractivity contribution in [3.63, 3.8) is 0 Å². The minimum absolute atomic E-state index is 0.0630. The van der Waals surface area contributed by atoms with Gasteiger partial charge in [0.25, 0.3) is 0 Å². The summed E-state index contributed by atoms with van der Waals surface area (Å²) in [6, 6.07) is 0.0842. The molecule has 4 N–H and O–H groups in total. The van der Waals surface area contributed by atoms with Crippen LogP contribution < -0.4 is 11.1 Å². The topological polar surface area (TPSA) is 91.0 Å². The van der Waals surface area contributed by atoms with E-state index in [0.717, 1.165) is 38.9 Å². The second-order valence-electron chi connectivity index (χ2n) is 6.51. The van der Waals surface area contributed by atoms with E-state index in [1.54, 1.807) is 0 Å². The zero-order valence-electron chi connectivity index (χ0n) is 13.0. The number of likely N-dealkylation sites (tertiary alicyclic amines) is 1. The number of hydrogen-bond donors (Lipinski definition) is 3. The van der Waals surface area contributed by atoms with Crippen LogP contribution in [0.2, 0.25) is 0 Å². The number of nitrogens with zero attached hydrogens (tertiary/aromatic N) is 2. The van der Waals surface area contributed by atoms with Gasteiger partial charge >= 0.3 is 0 Å². The summed E-state index contributed by atoms with van der Waals surface area (Å²) >= 11 is 0. The van der Waals surface area contributed by atoms with Gasteiger partial charge in [-0.2, -0.15) is 0 Å². The Morgan fingerprint density at radius 3 is 2.48 bits per heavy atom. The molecule has 6 nitrogen and oxygen atoms in total. The van der Waals surface area contributed by atoms with Crippen LogP contribution in [0.3, 0.4) is 0 Å². The highest BCUT2D eigenvalue weighted by Gasteiger charge is 2.44. The van der Waals surface area contributed by atoms with E-state index < -0.39 is 5.41 Å². The molecule has 1 aliphatic carbocycles. The van der Waals surface area contributed by atoms with Crippen molar-refractivity contribution in [1.82, 2.24) is 10.2 Å². The SMILES string of the molecule is CC(CN1CCCC1)NC(=O)C1(C(N)=NO)CCCCC1. The quantitative estimate of drug-likeness (QED) is 0.308. The minimum Gasteiger partial charge on any atom is -0.409 e. The fourth-order valence-electron chi connectivity index (χ4n) is 3.61. The maximum absolute atomic E-state index is 12.7. The lowest BCUT2D eigenvalue weighted by Gasteiger charge is -2.35. The van der Waals surface area contributed by atoms with E-state index in [-0.39, 0.29) is 17.8 Å². The van der Waals surface area contributed by atoms with Crippen molar-refractivity contribution in [3.05, 3.63) is 0 Å². The van der Waals surface area contributed by atoms with Gasteiger partial charge in [0.2, 0.25) is 5.91 Å². The smallest absolute Gasteiger partial charge is 0.234 e. The number of nitrogens with one attached hydrogen (secondary N) is 1. The third-order valence-electron chi connectivity index (χ3n) is 4.85. The van der Waals surface area contributed by atoms with Gasteiger partial charge in [-0.1, -0.05) is 24.4 Å². The molecular weight excluding hydrogens is 268 g/mol.